The van der Waals surface area contributed by atoms with Crippen molar-refractivity contribution in [2.24, 2.45) is 5.41 Å². The summed E-state index contributed by atoms with van der Waals surface area (Å²) in [5.41, 5.74) is 5.01. The lowest BCUT2D eigenvalue weighted by Gasteiger charge is -2.40. The van der Waals surface area contributed by atoms with Gasteiger partial charge in [-0.05, 0) is 61.2 Å². The van der Waals surface area contributed by atoms with E-state index in [4.69, 9.17) is 14.5 Å². The molecular weight excluding hydrogens is 488 g/mol. The first kappa shape index (κ1) is 28.3. The minimum absolute atomic E-state index is 0.220. The third-order valence-corrected chi connectivity index (χ3v) is 7.41. The molecule has 2 fully saturated rings. The molecule has 206 valence electrons. The van der Waals surface area contributed by atoms with Gasteiger partial charge in [0.15, 0.2) is 5.69 Å². The molecule has 3 aromatic rings. The fourth-order valence-electron chi connectivity index (χ4n) is 5.02. The molecule has 2 N–H and O–H groups in total. The second kappa shape index (κ2) is 12.9. The molecule has 1 saturated carbocycles. The van der Waals surface area contributed by atoms with Gasteiger partial charge < -0.3 is 25.1 Å². The molecule has 1 saturated heterocycles. The van der Waals surface area contributed by atoms with Gasteiger partial charge in [-0.1, -0.05) is 57.5 Å². The summed E-state index contributed by atoms with van der Waals surface area (Å²) >= 11 is 0. The van der Waals surface area contributed by atoms with Crippen LogP contribution in [0.4, 0.5) is 17.2 Å². The van der Waals surface area contributed by atoms with E-state index in [1.165, 1.54) is 0 Å². The Labute approximate surface area is 232 Å². The minimum Gasteiger partial charge on any atom is -0.461 e. The summed E-state index contributed by atoms with van der Waals surface area (Å²) in [5.74, 6) is 0.0277. The lowest BCUT2D eigenvalue weighted by atomic mass is 9.65. The molecule has 2 aliphatic rings. The van der Waals surface area contributed by atoms with Crippen LogP contribution in [0.3, 0.4) is 0 Å². The highest BCUT2D eigenvalue weighted by Gasteiger charge is 2.39. The predicted molar refractivity (Wildman–Crippen MR) is 159 cm³/mol. The molecule has 0 spiro atoms. The van der Waals surface area contributed by atoms with Crippen LogP contribution in [0.1, 0.15) is 63.0 Å². The number of carbonyl (C=O) groups excluding carboxylic acids is 1. The van der Waals surface area contributed by atoms with Gasteiger partial charge in [-0.25, -0.2) is 9.78 Å². The number of para-hydroxylation sites is 1. The quantitative estimate of drug-likeness (QED) is 0.240. The predicted octanol–water partition coefficient (Wildman–Crippen LogP) is 7.09. The number of morpholine rings is 1. The normalized spacial score (nSPS) is 15.8. The maximum absolute atomic E-state index is 12.9. The van der Waals surface area contributed by atoms with Crippen LogP contribution in [0.5, 0.6) is 0 Å². The Kier molecular flexibility index (Phi) is 9.36. The number of aromatic nitrogens is 1. The van der Waals surface area contributed by atoms with Crippen molar-refractivity contribution in [3.8, 4) is 11.1 Å². The molecule has 1 aliphatic heterocycles. The Morgan fingerprint density at radius 2 is 1.74 bits per heavy atom. The van der Waals surface area contributed by atoms with Gasteiger partial charge in [0.1, 0.15) is 5.82 Å². The maximum Gasteiger partial charge on any atom is 0.357 e. The molecule has 2 heterocycles. The van der Waals surface area contributed by atoms with Crippen molar-refractivity contribution in [1.82, 2.24) is 4.98 Å². The van der Waals surface area contributed by atoms with E-state index in [1.807, 2.05) is 44.2 Å². The number of rotatable bonds is 8. The fourth-order valence-corrected chi connectivity index (χ4v) is 5.02. The number of pyridine rings is 1. The number of nitrogens with one attached hydrogen (secondary N) is 2. The molecule has 0 bridgehead atoms. The molecule has 1 aliphatic carbocycles. The number of carbonyl (C=O) groups is 1. The molecule has 7 heteroatoms. The smallest absolute Gasteiger partial charge is 0.357 e. The molecule has 5 rings (SSSR count). The van der Waals surface area contributed by atoms with Crippen LogP contribution in [0.2, 0.25) is 0 Å². The summed E-state index contributed by atoms with van der Waals surface area (Å²) in [6, 6.07) is 19.9. The summed E-state index contributed by atoms with van der Waals surface area (Å²) in [6.45, 7) is 11.4. The number of ether oxygens (including phenoxy) is 2. The van der Waals surface area contributed by atoms with Crippen LogP contribution in [0.15, 0.2) is 60.7 Å². The number of hydrogen-bond donors (Lipinski definition) is 2. The van der Waals surface area contributed by atoms with Gasteiger partial charge in [0, 0.05) is 41.2 Å². The monoisotopic (exact) mass is 528 g/mol. The fraction of sp³-hybridized carbons (Fsp3) is 0.406. The van der Waals surface area contributed by atoms with Gasteiger partial charge in [-0.2, -0.15) is 0 Å². The maximum atomic E-state index is 12.9. The molecule has 1 aromatic heterocycles. The van der Waals surface area contributed by atoms with Gasteiger partial charge in [-0.15, -0.1) is 0 Å². The molecule has 7 nitrogen and oxygen atoms in total. The van der Waals surface area contributed by atoms with Crippen molar-refractivity contribution in [1.29, 1.82) is 5.41 Å². The van der Waals surface area contributed by atoms with Gasteiger partial charge >= 0.3 is 5.97 Å². The SMILES string of the molecule is CC.CCOC(=O)c1cc(-c2ccc(N3CCOCC3)cc2)c(C(=N)C2(C)CCC2)c(Nc2ccccc2)n1. The molecule has 39 heavy (non-hydrogen) atoms. The van der Waals surface area contributed by atoms with E-state index in [0.29, 0.717) is 11.5 Å². The molecule has 0 atom stereocenters. The molecule has 0 unspecified atom stereocenters. The third-order valence-electron chi connectivity index (χ3n) is 7.41. The number of esters is 1. The van der Waals surface area contributed by atoms with Gasteiger partial charge in [0.25, 0.3) is 0 Å². The van der Waals surface area contributed by atoms with E-state index < -0.39 is 5.97 Å². The van der Waals surface area contributed by atoms with Crippen LogP contribution in [0, 0.1) is 10.8 Å². The standard InChI is InChI=1S/C30H34N4O3.C2H6/c1-3-37-29(35)25-20-24(21-10-12-23(13-11-21)34-16-18-36-19-17-34)26(27(31)30(2)14-7-15-30)28(33-25)32-22-8-5-4-6-9-22;1-2/h4-6,8-13,20,31H,3,7,14-19H2,1-2H3,(H,32,33);1-2H3. The average molecular weight is 529 g/mol. The highest BCUT2D eigenvalue weighted by atomic mass is 16.5. The van der Waals surface area contributed by atoms with Gasteiger partial charge in [-0.3, -0.25) is 0 Å². The second-order valence-electron chi connectivity index (χ2n) is 9.93. The van der Waals surface area contributed by atoms with Crippen LogP contribution in [0.25, 0.3) is 11.1 Å². The van der Waals surface area contributed by atoms with Gasteiger partial charge in [0.05, 0.1) is 19.8 Å². The van der Waals surface area contributed by atoms with Crippen LogP contribution < -0.4 is 10.2 Å². The lowest BCUT2D eigenvalue weighted by molar-refractivity contribution is 0.0519. The van der Waals surface area contributed by atoms with Crippen molar-refractivity contribution >= 4 is 28.9 Å². The zero-order valence-electron chi connectivity index (χ0n) is 23.5. The molecule has 0 radical (unpaired) electrons. The molecule has 2 aromatic carbocycles. The van der Waals surface area contributed by atoms with E-state index >= 15 is 0 Å². The van der Waals surface area contributed by atoms with Crippen molar-refractivity contribution in [3.05, 3.63) is 71.9 Å². The van der Waals surface area contributed by atoms with Crippen molar-refractivity contribution in [2.45, 2.75) is 47.0 Å². The van der Waals surface area contributed by atoms with Crippen molar-refractivity contribution in [2.75, 3.05) is 43.1 Å². The van der Waals surface area contributed by atoms with Crippen LogP contribution in [-0.4, -0.2) is 49.6 Å². The Balaban J connectivity index is 0.00000172. The number of benzene rings is 2. The summed E-state index contributed by atoms with van der Waals surface area (Å²) in [5, 5.41) is 12.7. The molecule has 0 amide bonds. The van der Waals surface area contributed by atoms with E-state index in [1.54, 1.807) is 13.0 Å². The van der Waals surface area contributed by atoms with E-state index in [9.17, 15) is 10.2 Å². The zero-order valence-corrected chi connectivity index (χ0v) is 23.5. The number of hydrogen-bond acceptors (Lipinski definition) is 7. The van der Waals surface area contributed by atoms with E-state index in [-0.39, 0.29) is 17.7 Å². The number of anilines is 3. The topological polar surface area (TPSA) is 87.5 Å². The number of nitrogens with zero attached hydrogens (tertiary/aromatic N) is 2. The summed E-state index contributed by atoms with van der Waals surface area (Å²) in [6.07, 6.45) is 3.04. The Hall–Kier alpha value is -3.71. The second-order valence-corrected chi connectivity index (χ2v) is 9.93. The van der Waals surface area contributed by atoms with Crippen LogP contribution >= 0.6 is 0 Å². The first-order valence-electron chi connectivity index (χ1n) is 14.1. The van der Waals surface area contributed by atoms with Crippen LogP contribution in [-0.2, 0) is 9.47 Å². The van der Waals surface area contributed by atoms with Crippen molar-refractivity contribution in [3.63, 3.8) is 0 Å². The Bertz CT molecular complexity index is 1260. The highest BCUT2D eigenvalue weighted by molar-refractivity contribution is 6.12. The average Bonchev–Trinajstić information content (AvgIpc) is 2.97. The largest absolute Gasteiger partial charge is 0.461 e. The lowest BCUT2D eigenvalue weighted by Crippen LogP contribution is -2.36. The summed E-state index contributed by atoms with van der Waals surface area (Å²) in [4.78, 5) is 19.9. The minimum atomic E-state index is -0.474. The summed E-state index contributed by atoms with van der Waals surface area (Å²) < 4.78 is 10.8. The van der Waals surface area contributed by atoms with E-state index in [0.717, 1.165) is 73.6 Å². The Morgan fingerprint density at radius 1 is 1.08 bits per heavy atom. The third kappa shape index (κ3) is 6.31. The zero-order chi connectivity index (χ0) is 27.8. The highest BCUT2D eigenvalue weighted by Crippen LogP contribution is 2.46. The molecular formula is C32H40N4O3. The Morgan fingerprint density at radius 3 is 2.33 bits per heavy atom. The first-order valence-corrected chi connectivity index (χ1v) is 14.1. The van der Waals surface area contributed by atoms with Gasteiger partial charge in [0.2, 0.25) is 0 Å². The van der Waals surface area contributed by atoms with E-state index in [2.05, 4.69) is 41.4 Å². The van der Waals surface area contributed by atoms with Crippen molar-refractivity contribution < 1.29 is 14.3 Å². The summed E-state index contributed by atoms with van der Waals surface area (Å²) in [7, 11) is 0. The first-order chi connectivity index (χ1) is 19.0.